The Morgan fingerprint density at radius 1 is 0.452 bits per heavy atom. The van der Waals surface area contributed by atoms with Gasteiger partial charge in [-0.25, -0.2) is 19.2 Å². The third-order valence-corrected chi connectivity index (χ3v) is 6.57. The fraction of sp³-hybridized carbons (Fsp3) is 0.529. The Kier molecular flexibility index (Phi) is 19.9. The molecule has 0 amide bonds. The van der Waals surface area contributed by atoms with Crippen LogP contribution in [0.5, 0.6) is 0 Å². The lowest BCUT2D eigenvalue weighted by atomic mass is 10.1. The summed E-state index contributed by atoms with van der Waals surface area (Å²) in [6, 6.07) is 13.1. The second-order valence-electron chi connectivity index (χ2n) is 9.88. The Morgan fingerprint density at radius 2 is 0.738 bits per heavy atom. The van der Waals surface area contributed by atoms with Gasteiger partial charge < -0.3 is 18.9 Å². The van der Waals surface area contributed by atoms with E-state index in [9.17, 15) is 19.2 Å². The van der Waals surface area contributed by atoms with Crippen LogP contribution in [0.4, 0.5) is 0 Å². The normalized spacial score (nSPS) is 10.2. The first-order valence-corrected chi connectivity index (χ1v) is 15.1. The average Bonchev–Trinajstić information content (AvgIpc) is 3.03. The number of carbonyl (C=O) groups is 4. The predicted octanol–water partition coefficient (Wildman–Crippen LogP) is 7.98. The molecule has 0 saturated carbocycles. The number of rotatable bonds is 18. The molecule has 0 spiro atoms. The molecule has 0 radical (unpaired) electrons. The average molecular weight is 585 g/mol. The number of hydrogen-bond acceptors (Lipinski definition) is 8. The van der Waals surface area contributed by atoms with E-state index in [-0.39, 0.29) is 11.1 Å². The van der Waals surface area contributed by atoms with E-state index in [4.69, 9.17) is 9.47 Å². The minimum absolute atomic E-state index is 0.210. The summed E-state index contributed by atoms with van der Waals surface area (Å²) in [5.41, 5.74) is 1.01. The summed E-state index contributed by atoms with van der Waals surface area (Å²) < 4.78 is 19.8. The van der Waals surface area contributed by atoms with Gasteiger partial charge in [0.1, 0.15) is 0 Å². The molecule has 2 aromatic carbocycles. The van der Waals surface area contributed by atoms with Crippen LogP contribution in [0.15, 0.2) is 48.5 Å². The van der Waals surface area contributed by atoms with Crippen molar-refractivity contribution in [3.05, 3.63) is 70.8 Å². The van der Waals surface area contributed by atoms with Gasteiger partial charge in [0.25, 0.3) is 0 Å². The first-order chi connectivity index (χ1) is 20.4. The summed E-state index contributed by atoms with van der Waals surface area (Å²) in [4.78, 5) is 47.2. The molecule has 0 unspecified atom stereocenters. The monoisotopic (exact) mass is 584 g/mol. The van der Waals surface area contributed by atoms with Gasteiger partial charge in [-0.3, -0.25) is 0 Å². The van der Waals surface area contributed by atoms with Crippen LogP contribution in [0.2, 0.25) is 0 Å². The van der Waals surface area contributed by atoms with E-state index in [1.807, 2.05) is 0 Å². The molecule has 0 aliphatic heterocycles. The number of benzene rings is 2. The SMILES string of the molecule is CCCCCCCCOC(=O)c1ccccc1C(=O)OCCCCCCCC.COC(=O)c1ccccc1C(=O)OC. The molecule has 0 atom stereocenters. The molecule has 2 rings (SSSR count). The van der Waals surface area contributed by atoms with E-state index < -0.39 is 23.9 Å². The molecule has 0 fully saturated rings. The molecule has 0 aliphatic carbocycles. The highest BCUT2D eigenvalue weighted by Gasteiger charge is 2.19. The van der Waals surface area contributed by atoms with Gasteiger partial charge in [0.2, 0.25) is 0 Å². The standard InChI is InChI=1S/C24H38O4.C10H10O4/c1-3-5-7-9-11-15-19-27-23(25)21-17-13-14-18-22(21)24(26)28-20-16-12-10-8-6-4-2;1-13-9(11)7-5-3-4-6-8(7)10(12)14-2/h13-14,17-18H,3-12,15-16,19-20H2,1-2H3;3-6H,1-2H3. The quantitative estimate of drug-likeness (QED) is 0.0986. The van der Waals surface area contributed by atoms with Crippen LogP contribution in [-0.2, 0) is 18.9 Å². The number of carbonyl (C=O) groups excluding carboxylic acids is 4. The maximum absolute atomic E-state index is 12.4. The molecule has 232 valence electrons. The van der Waals surface area contributed by atoms with Gasteiger partial charge in [-0.15, -0.1) is 0 Å². The molecule has 0 saturated heterocycles. The highest BCUT2D eigenvalue weighted by Crippen LogP contribution is 2.14. The molecule has 0 aromatic heterocycles. The molecule has 0 aliphatic rings. The van der Waals surface area contributed by atoms with Gasteiger partial charge in [-0.05, 0) is 37.1 Å². The lowest BCUT2D eigenvalue weighted by Crippen LogP contribution is -2.15. The Labute approximate surface area is 251 Å². The first kappa shape index (κ1) is 36.3. The van der Waals surface area contributed by atoms with E-state index in [0.717, 1.165) is 25.7 Å². The van der Waals surface area contributed by atoms with Crippen LogP contribution in [-0.4, -0.2) is 51.3 Å². The lowest BCUT2D eigenvalue weighted by molar-refractivity contribution is 0.0450. The van der Waals surface area contributed by atoms with Gasteiger partial charge in [0.15, 0.2) is 0 Å². The molecule has 0 bridgehead atoms. The minimum Gasteiger partial charge on any atom is -0.465 e. The molecular weight excluding hydrogens is 536 g/mol. The zero-order valence-electron chi connectivity index (χ0n) is 25.8. The van der Waals surface area contributed by atoms with Crippen LogP contribution in [0.1, 0.15) is 132 Å². The van der Waals surface area contributed by atoms with Gasteiger partial charge >= 0.3 is 23.9 Å². The van der Waals surface area contributed by atoms with E-state index >= 15 is 0 Å². The smallest absolute Gasteiger partial charge is 0.339 e. The highest BCUT2D eigenvalue weighted by molar-refractivity contribution is 6.03. The van der Waals surface area contributed by atoms with Gasteiger partial charge in [0.05, 0.1) is 49.7 Å². The van der Waals surface area contributed by atoms with Crippen molar-refractivity contribution in [2.45, 2.75) is 90.9 Å². The van der Waals surface area contributed by atoms with Crippen LogP contribution in [0.25, 0.3) is 0 Å². The second kappa shape index (κ2) is 22.9. The minimum atomic E-state index is -0.550. The fourth-order valence-electron chi connectivity index (χ4n) is 4.15. The van der Waals surface area contributed by atoms with Crippen LogP contribution in [0.3, 0.4) is 0 Å². The summed E-state index contributed by atoms with van der Waals surface area (Å²) in [6.45, 7) is 5.17. The molecular formula is C34H48O8. The molecule has 0 heterocycles. The van der Waals surface area contributed by atoms with E-state index in [1.54, 1.807) is 36.4 Å². The van der Waals surface area contributed by atoms with Crippen molar-refractivity contribution in [3.8, 4) is 0 Å². The van der Waals surface area contributed by atoms with Crippen LogP contribution < -0.4 is 0 Å². The Hall–Kier alpha value is -3.68. The van der Waals surface area contributed by atoms with Gasteiger partial charge in [0, 0.05) is 0 Å². The first-order valence-electron chi connectivity index (χ1n) is 15.1. The maximum Gasteiger partial charge on any atom is 0.339 e. The predicted molar refractivity (Wildman–Crippen MR) is 163 cm³/mol. The van der Waals surface area contributed by atoms with Crippen molar-refractivity contribution in [1.82, 2.24) is 0 Å². The van der Waals surface area contributed by atoms with Crippen molar-refractivity contribution in [1.29, 1.82) is 0 Å². The number of ether oxygens (including phenoxy) is 4. The van der Waals surface area contributed by atoms with E-state index in [2.05, 4.69) is 23.3 Å². The Morgan fingerprint density at radius 3 is 1.05 bits per heavy atom. The number of esters is 4. The summed E-state index contributed by atoms with van der Waals surface area (Å²) >= 11 is 0. The maximum atomic E-state index is 12.4. The highest BCUT2D eigenvalue weighted by atomic mass is 16.5. The Balaban J connectivity index is 0.000000525. The van der Waals surface area contributed by atoms with E-state index in [1.165, 1.54) is 77.7 Å². The van der Waals surface area contributed by atoms with E-state index in [0.29, 0.717) is 24.3 Å². The number of unbranched alkanes of at least 4 members (excludes halogenated alkanes) is 10. The lowest BCUT2D eigenvalue weighted by Gasteiger charge is -2.10. The summed E-state index contributed by atoms with van der Waals surface area (Å²) in [7, 11) is 2.52. The van der Waals surface area contributed by atoms with Crippen molar-refractivity contribution >= 4 is 23.9 Å². The molecule has 8 heteroatoms. The van der Waals surface area contributed by atoms with Crippen molar-refractivity contribution in [2.24, 2.45) is 0 Å². The summed E-state index contributed by atoms with van der Waals surface area (Å²) in [5.74, 6) is -1.99. The summed E-state index contributed by atoms with van der Waals surface area (Å²) in [6.07, 6.45) is 13.6. The third-order valence-electron chi connectivity index (χ3n) is 6.57. The van der Waals surface area contributed by atoms with Gasteiger partial charge in [-0.2, -0.15) is 0 Å². The van der Waals surface area contributed by atoms with Crippen LogP contribution in [0, 0.1) is 0 Å². The topological polar surface area (TPSA) is 105 Å². The Bertz CT molecular complexity index is 995. The van der Waals surface area contributed by atoms with Crippen molar-refractivity contribution < 1.29 is 38.1 Å². The molecule has 2 aromatic rings. The fourth-order valence-corrected chi connectivity index (χ4v) is 4.15. The largest absolute Gasteiger partial charge is 0.465 e. The zero-order chi connectivity index (χ0) is 31.0. The molecule has 8 nitrogen and oxygen atoms in total. The number of methoxy groups -OCH3 is 2. The molecule has 0 N–H and O–H groups in total. The van der Waals surface area contributed by atoms with Crippen molar-refractivity contribution in [3.63, 3.8) is 0 Å². The van der Waals surface area contributed by atoms with Crippen LogP contribution >= 0.6 is 0 Å². The third kappa shape index (κ3) is 14.3. The second-order valence-corrected chi connectivity index (χ2v) is 9.88. The van der Waals surface area contributed by atoms with Crippen molar-refractivity contribution in [2.75, 3.05) is 27.4 Å². The van der Waals surface area contributed by atoms with Gasteiger partial charge in [-0.1, -0.05) is 102 Å². The number of hydrogen-bond donors (Lipinski definition) is 0. The molecule has 42 heavy (non-hydrogen) atoms. The summed E-state index contributed by atoms with van der Waals surface area (Å²) in [5, 5.41) is 0. The zero-order valence-corrected chi connectivity index (χ0v) is 25.8.